The quantitative estimate of drug-likeness (QED) is 0.758. The molecule has 0 spiro atoms. The molecule has 0 saturated carbocycles. The van der Waals surface area contributed by atoms with Crippen molar-refractivity contribution in [3.05, 3.63) is 24.0 Å². The van der Waals surface area contributed by atoms with Crippen molar-refractivity contribution in [2.45, 2.75) is 32.7 Å². The van der Waals surface area contributed by atoms with Crippen LogP contribution in [-0.4, -0.2) is 17.6 Å². The van der Waals surface area contributed by atoms with E-state index in [9.17, 15) is 0 Å². The second-order valence-corrected chi connectivity index (χ2v) is 4.21. The molecule has 80 valence electrons. The average Bonchev–Trinajstić information content (AvgIpc) is 2.28. The molecule has 0 atom stereocenters. The maximum atomic E-state index is 8.97. The highest BCUT2D eigenvalue weighted by Gasteiger charge is 2.23. The van der Waals surface area contributed by atoms with Crippen molar-refractivity contribution < 1.29 is 0 Å². The summed E-state index contributed by atoms with van der Waals surface area (Å²) in [4.78, 5) is 6.17. The van der Waals surface area contributed by atoms with Gasteiger partial charge in [-0.2, -0.15) is 5.26 Å². The fourth-order valence-electron chi connectivity index (χ4n) is 1.32. The molecule has 0 amide bonds. The summed E-state index contributed by atoms with van der Waals surface area (Å²) in [7, 11) is 2.00. The van der Waals surface area contributed by atoms with Crippen molar-refractivity contribution in [2.24, 2.45) is 0 Å². The lowest BCUT2D eigenvalue weighted by Gasteiger charge is -2.36. The summed E-state index contributed by atoms with van der Waals surface area (Å²) >= 11 is 0. The third-order valence-corrected chi connectivity index (χ3v) is 3.03. The molecule has 3 nitrogen and oxygen atoms in total. The second kappa shape index (κ2) is 4.31. The van der Waals surface area contributed by atoms with Crippen molar-refractivity contribution in [1.82, 2.24) is 4.98 Å². The molecule has 0 saturated heterocycles. The van der Waals surface area contributed by atoms with Crippen LogP contribution in [-0.2, 0) is 0 Å². The number of pyridine rings is 1. The van der Waals surface area contributed by atoms with E-state index in [0.29, 0.717) is 5.69 Å². The van der Waals surface area contributed by atoms with Gasteiger partial charge in [0.05, 0.1) is 5.69 Å². The molecular weight excluding hydrogens is 186 g/mol. The van der Waals surface area contributed by atoms with Gasteiger partial charge in [-0.1, -0.05) is 6.92 Å². The molecule has 3 heteroatoms. The van der Waals surface area contributed by atoms with Gasteiger partial charge in [0.1, 0.15) is 6.07 Å². The monoisotopic (exact) mass is 203 g/mol. The highest BCUT2D eigenvalue weighted by Crippen LogP contribution is 2.26. The number of anilines is 1. The Morgan fingerprint density at radius 2 is 2.20 bits per heavy atom. The Morgan fingerprint density at radius 3 is 2.73 bits per heavy atom. The van der Waals surface area contributed by atoms with E-state index < -0.39 is 0 Å². The summed E-state index contributed by atoms with van der Waals surface area (Å²) in [5.74, 6) is 0. The molecule has 0 unspecified atom stereocenters. The summed E-state index contributed by atoms with van der Waals surface area (Å²) in [6.07, 6.45) is 2.66. The average molecular weight is 203 g/mol. The van der Waals surface area contributed by atoms with Crippen LogP contribution in [0.15, 0.2) is 18.3 Å². The van der Waals surface area contributed by atoms with Gasteiger partial charge in [0.2, 0.25) is 0 Å². The van der Waals surface area contributed by atoms with Crippen LogP contribution < -0.4 is 4.90 Å². The molecule has 0 N–H and O–H groups in total. The molecular formula is C12H17N3. The molecule has 15 heavy (non-hydrogen) atoms. The van der Waals surface area contributed by atoms with Gasteiger partial charge in [-0.05, 0) is 32.4 Å². The van der Waals surface area contributed by atoms with Crippen LogP contribution in [0.1, 0.15) is 32.9 Å². The van der Waals surface area contributed by atoms with E-state index in [0.717, 1.165) is 12.1 Å². The normalized spacial score (nSPS) is 10.9. The minimum Gasteiger partial charge on any atom is -0.367 e. The van der Waals surface area contributed by atoms with Crippen molar-refractivity contribution in [3.8, 4) is 6.07 Å². The Kier molecular flexibility index (Phi) is 3.31. The fourth-order valence-corrected chi connectivity index (χ4v) is 1.32. The van der Waals surface area contributed by atoms with Crippen LogP contribution in [0.3, 0.4) is 0 Å². The van der Waals surface area contributed by atoms with Crippen LogP contribution >= 0.6 is 0 Å². The fraction of sp³-hybridized carbons (Fsp3) is 0.500. The third-order valence-electron chi connectivity index (χ3n) is 3.03. The lowest BCUT2D eigenvalue weighted by atomic mass is 9.99. The van der Waals surface area contributed by atoms with Crippen molar-refractivity contribution in [3.63, 3.8) is 0 Å². The van der Waals surface area contributed by atoms with E-state index in [-0.39, 0.29) is 5.54 Å². The van der Waals surface area contributed by atoms with Crippen LogP contribution in [0.2, 0.25) is 0 Å². The smallest absolute Gasteiger partial charge is 0.163 e. The Balaban J connectivity index is 3.12. The number of nitriles is 1. The van der Waals surface area contributed by atoms with Crippen molar-refractivity contribution in [2.75, 3.05) is 11.9 Å². The first-order chi connectivity index (χ1) is 7.03. The highest BCUT2D eigenvalue weighted by molar-refractivity contribution is 5.56. The van der Waals surface area contributed by atoms with Gasteiger partial charge >= 0.3 is 0 Å². The van der Waals surface area contributed by atoms with E-state index in [4.69, 9.17) is 5.26 Å². The lowest BCUT2D eigenvalue weighted by molar-refractivity contribution is 0.470. The van der Waals surface area contributed by atoms with Gasteiger partial charge in [-0.15, -0.1) is 0 Å². The number of hydrogen-bond donors (Lipinski definition) is 0. The van der Waals surface area contributed by atoms with Crippen LogP contribution in [0.4, 0.5) is 5.69 Å². The molecule has 0 aromatic carbocycles. The van der Waals surface area contributed by atoms with Gasteiger partial charge < -0.3 is 4.90 Å². The van der Waals surface area contributed by atoms with Crippen molar-refractivity contribution >= 4 is 5.69 Å². The van der Waals surface area contributed by atoms with Gasteiger partial charge in [0.25, 0.3) is 0 Å². The predicted molar refractivity (Wildman–Crippen MR) is 61.7 cm³/mol. The molecule has 0 aliphatic carbocycles. The van der Waals surface area contributed by atoms with Gasteiger partial charge in [-0.25, -0.2) is 4.98 Å². The number of hydrogen-bond acceptors (Lipinski definition) is 3. The van der Waals surface area contributed by atoms with Gasteiger partial charge in [-0.3, -0.25) is 0 Å². The molecule has 0 bridgehead atoms. The molecule has 1 rings (SSSR count). The SMILES string of the molecule is CCC(C)(C)N(C)c1cccnc1C#N. The molecule has 1 aromatic heterocycles. The standard InChI is InChI=1S/C12H17N3/c1-5-12(2,3)15(4)11-7-6-8-14-10(11)9-13/h6-8H,5H2,1-4H3. The highest BCUT2D eigenvalue weighted by atomic mass is 15.2. The Labute approximate surface area is 91.4 Å². The van der Waals surface area contributed by atoms with E-state index in [1.807, 2.05) is 19.2 Å². The Bertz CT molecular complexity index is 377. The molecule has 0 fully saturated rings. The van der Waals surface area contributed by atoms with E-state index >= 15 is 0 Å². The summed E-state index contributed by atoms with van der Waals surface area (Å²) in [5, 5.41) is 8.97. The van der Waals surface area contributed by atoms with Crippen LogP contribution in [0.25, 0.3) is 0 Å². The minimum atomic E-state index is 0.0363. The largest absolute Gasteiger partial charge is 0.367 e. The summed E-state index contributed by atoms with van der Waals surface area (Å²) in [6, 6.07) is 5.91. The first kappa shape index (κ1) is 11.5. The number of nitrogens with zero attached hydrogens (tertiary/aromatic N) is 3. The summed E-state index contributed by atoms with van der Waals surface area (Å²) in [6.45, 7) is 6.45. The number of aromatic nitrogens is 1. The first-order valence-electron chi connectivity index (χ1n) is 5.12. The molecule has 0 aliphatic rings. The summed E-state index contributed by atoms with van der Waals surface area (Å²) in [5.41, 5.74) is 1.42. The van der Waals surface area contributed by atoms with Crippen LogP contribution in [0.5, 0.6) is 0 Å². The topological polar surface area (TPSA) is 39.9 Å². The maximum absolute atomic E-state index is 8.97. The maximum Gasteiger partial charge on any atom is 0.163 e. The minimum absolute atomic E-state index is 0.0363. The molecule has 1 heterocycles. The zero-order chi connectivity index (χ0) is 11.5. The Hall–Kier alpha value is -1.56. The molecule has 0 radical (unpaired) electrons. The van der Waals surface area contributed by atoms with Crippen LogP contribution in [0, 0.1) is 11.3 Å². The zero-order valence-corrected chi connectivity index (χ0v) is 9.78. The Morgan fingerprint density at radius 1 is 1.53 bits per heavy atom. The van der Waals surface area contributed by atoms with Gasteiger partial charge in [0.15, 0.2) is 5.69 Å². The molecule has 1 aromatic rings. The zero-order valence-electron chi connectivity index (χ0n) is 9.78. The predicted octanol–water partition coefficient (Wildman–Crippen LogP) is 2.58. The lowest BCUT2D eigenvalue weighted by Crippen LogP contribution is -2.41. The second-order valence-electron chi connectivity index (χ2n) is 4.21. The van der Waals surface area contributed by atoms with E-state index in [1.54, 1.807) is 6.20 Å². The van der Waals surface area contributed by atoms with E-state index in [1.165, 1.54) is 0 Å². The third kappa shape index (κ3) is 2.27. The van der Waals surface area contributed by atoms with Gasteiger partial charge in [0, 0.05) is 18.8 Å². The summed E-state index contributed by atoms with van der Waals surface area (Å²) < 4.78 is 0. The van der Waals surface area contributed by atoms with E-state index in [2.05, 4.69) is 36.7 Å². The van der Waals surface area contributed by atoms with Crippen molar-refractivity contribution in [1.29, 1.82) is 5.26 Å². The first-order valence-corrected chi connectivity index (χ1v) is 5.12. The molecule has 0 aliphatic heterocycles. The number of rotatable bonds is 3.